The van der Waals surface area contributed by atoms with Crippen LogP contribution in [0.3, 0.4) is 0 Å². The molecule has 23 heavy (non-hydrogen) atoms. The van der Waals surface area contributed by atoms with Crippen molar-refractivity contribution in [2.75, 3.05) is 0 Å². The highest BCUT2D eigenvalue weighted by Crippen LogP contribution is 2.34. The van der Waals surface area contributed by atoms with Crippen molar-refractivity contribution in [1.82, 2.24) is 9.13 Å². The summed E-state index contributed by atoms with van der Waals surface area (Å²) < 4.78 is 18.0. The monoisotopic (exact) mass is 310 g/mol. The third-order valence-electron chi connectivity index (χ3n) is 4.70. The van der Waals surface area contributed by atoms with Gasteiger partial charge in [0, 0.05) is 24.5 Å². The van der Waals surface area contributed by atoms with Gasteiger partial charge < -0.3 is 9.13 Å². The van der Waals surface area contributed by atoms with Crippen LogP contribution >= 0.6 is 0 Å². The molecule has 0 saturated heterocycles. The first-order chi connectivity index (χ1) is 10.9. The molecule has 0 saturated carbocycles. The quantitative estimate of drug-likeness (QED) is 0.618. The van der Waals surface area contributed by atoms with Crippen molar-refractivity contribution in [2.45, 2.75) is 39.3 Å². The molecule has 1 aliphatic heterocycles. The molecular formula is C19H19FN2O. The summed E-state index contributed by atoms with van der Waals surface area (Å²) in [4.78, 5) is 12.5. The van der Waals surface area contributed by atoms with Gasteiger partial charge in [0.15, 0.2) is 0 Å². The number of fused-ring (bicyclic) bond motifs is 5. The van der Waals surface area contributed by atoms with Crippen LogP contribution in [-0.2, 0) is 18.5 Å². The summed E-state index contributed by atoms with van der Waals surface area (Å²) >= 11 is 0. The van der Waals surface area contributed by atoms with E-state index in [-0.39, 0.29) is 16.8 Å². The first-order valence-corrected chi connectivity index (χ1v) is 7.90. The van der Waals surface area contributed by atoms with E-state index >= 15 is 0 Å². The lowest BCUT2D eigenvalue weighted by Gasteiger charge is -2.26. The zero-order valence-corrected chi connectivity index (χ0v) is 13.6. The van der Waals surface area contributed by atoms with E-state index in [1.807, 2.05) is 12.1 Å². The highest BCUT2D eigenvalue weighted by atomic mass is 19.1. The average Bonchev–Trinajstić information content (AvgIpc) is 2.87. The molecule has 0 bridgehead atoms. The Hall–Kier alpha value is -2.36. The van der Waals surface area contributed by atoms with E-state index in [2.05, 4.69) is 31.4 Å². The molecule has 0 unspecified atom stereocenters. The van der Waals surface area contributed by atoms with Gasteiger partial charge >= 0.3 is 0 Å². The van der Waals surface area contributed by atoms with Gasteiger partial charge in [0.2, 0.25) is 0 Å². The summed E-state index contributed by atoms with van der Waals surface area (Å²) in [6.45, 7) is 7.58. The molecule has 2 aromatic heterocycles. The van der Waals surface area contributed by atoms with Crippen LogP contribution in [0.5, 0.6) is 0 Å². The van der Waals surface area contributed by atoms with Gasteiger partial charge in [-0.2, -0.15) is 0 Å². The average molecular weight is 310 g/mol. The van der Waals surface area contributed by atoms with Gasteiger partial charge in [0.1, 0.15) is 5.82 Å². The van der Waals surface area contributed by atoms with Crippen molar-refractivity contribution in [2.24, 2.45) is 0 Å². The van der Waals surface area contributed by atoms with Gasteiger partial charge in [0.25, 0.3) is 5.56 Å². The largest absolute Gasteiger partial charge is 0.337 e. The molecule has 0 amide bonds. The van der Waals surface area contributed by atoms with E-state index < -0.39 is 0 Å². The van der Waals surface area contributed by atoms with Crippen molar-refractivity contribution in [3.8, 4) is 11.4 Å². The Morgan fingerprint density at radius 2 is 1.70 bits per heavy atom. The lowest BCUT2D eigenvalue weighted by molar-refractivity contribution is 0.542. The number of nitrogens with zero attached hydrogens (tertiary/aromatic N) is 2. The van der Waals surface area contributed by atoms with Gasteiger partial charge in [-0.25, -0.2) is 4.39 Å². The van der Waals surface area contributed by atoms with E-state index in [4.69, 9.17) is 0 Å². The minimum Gasteiger partial charge on any atom is -0.337 e. The van der Waals surface area contributed by atoms with Crippen molar-refractivity contribution in [1.29, 1.82) is 0 Å². The fourth-order valence-corrected chi connectivity index (χ4v) is 3.37. The second kappa shape index (κ2) is 4.57. The summed E-state index contributed by atoms with van der Waals surface area (Å²) in [7, 11) is 0. The van der Waals surface area contributed by atoms with Crippen molar-refractivity contribution in [3.05, 3.63) is 58.1 Å². The van der Waals surface area contributed by atoms with Gasteiger partial charge in [-0.15, -0.1) is 0 Å². The Balaban J connectivity index is 2.06. The minimum absolute atomic E-state index is 0.0180. The fourth-order valence-electron chi connectivity index (χ4n) is 3.37. The molecule has 1 aliphatic rings. The second-order valence-electron chi connectivity index (χ2n) is 7.22. The van der Waals surface area contributed by atoms with Crippen LogP contribution in [0.15, 0.2) is 41.2 Å². The Morgan fingerprint density at radius 3 is 2.43 bits per heavy atom. The SMILES string of the molecule is CC(C)(C)c1cc2n(c(=O)c1)CCn1c-2cc2c(F)cccc21. The molecule has 0 fully saturated rings. The minimum atomic E-state index is -0.217. The Bertz CT molecular complexity index is 989. The summed E-state index contributed by atoms with van der Waals surface area (Å²) in [5.41, 5.74) is 3.61. The number of aromatic nitrogens is 2. The molecule has 4 rings (SSSR count). The molecule has 0 radical (unpaired) electrons. The highest BCUT2D eigenvalue weighted by molar-refractivity contribution is 5.87. The Kier molecular flexibility index (Phi) is 2.83. The van der Waals surface area contributed by atoms with Crippen LogP contribution in [0, 0.1) is 5.82 Å². The van der Waals surface area contributed by atoms with E-state index in [0.29, 0.717) is 18.5 Å². The topological polar surface area (TPSA) is 26.9 Å². The third-order valence-corrected chi connectivity index (χ3v) is 4.70. The maximum Gasteiger partial charge on any atom is 0.251 e. The highest BCUT2D eigenvalue weighted by Gasteiger charge is 2.24. The first-order valence-electron chi connectivity index (χ1n) is 7.90. The number of rotatable bonds is 0. The van der Waals surface area contributed by atoms with Crippen molar-refractivity contribution < 1.29 is 4.39 Å². The normalized spacial score (nSPS) is 13.9. The molecule has 4 heteroatoms. The van der Waals surface area contributed by atoms with Crippen molar-refractivity contribution in [3.63, 3.8) is 0 Å². The Morgan fingerprint density at radius 1 is 1.00 bits per heavy atom. The van der Waals surface area contributed by atoms with Crippen LogP contribution in [0.25, 0.3) is 22.3 Å². The van der Waals surface area contributed by atoms with E-state index in [0.717, 1.165) is 22.5 Å². The second-order valence-corrected chi connectivity index (χ2v) is 7.22. The predicted octanol–water partition coefficient (Wildman–Crippen LogP) is 3.92. The van der Waals surface area contributed by atoms with Crippen LogP contribution < -0.4 is 5.56 Å². The van der Waals surface area contributed by atoms with Gasteiger partial charge in [-0.1, -0.05) is 26.8 Å². The lowest BCUT2D eigenvalue weighted by Crippen LogP contribution is -2.30. The number of aryl methyl sites for hydroxylation is 1. The molecule has 0 N–H and O–H groups in total. The summed E-state index contributed by atoms with van der Waals surface area (Å²) in [5, 5.41) is 0.615. The molecule has 3 aromatic rings. The van der Waals surface area contributed by atoms with E-state index in [1.54, 1.807) is 16.7 Å². The number of pyridine rings is 1. The lowest BCUT2D eigenvalue weighted by atomic mass is 9.87. The molecular weight excluding hydrogens is 291 g/mol. The van der Waals surface area contributed by atoms with Crippen LogP contribution in [0.1, 0.15) is 26.3 Å². The van der Waals surface area contributed by atoms with Crippen LogP contribution in [-0.4, -0.2) is 9.13 Å². The first kappa shape index (κ1) is 14.2. The maximum absolute atomic E-state index is 14.1. The van der Waals surface area contributed by atoms with Crippen LogP contribution in [0.4, 0.5) is 4.39 Å². The number of hydrogen-bond acceptors (Lipinski definition) is 1. The molecule has 0 atom stereocenters. The van der Waals surface area contributed by atoms with Crippen LogP contribution in [0.2, 0.25) is 0 Å². The van der Waals surface area contributed by atoms with Gasteiger partial charge in [-0.05, 0) is 35.2 Å². The summed E-state index contributed by atoms with van der Waals surface area (Å²) in [6.07, 6.45) is 0. The summed E-state index contributed by atoms with van der Waals surface area (Å²) in [6, 6.07) is 10.8. The molecule has 1 aromatic carbocycles. The van der Waals surface area contributed by atoms with Gasteiger partial charge in [-0.3, -0.25) is 4.79 Å². The number of benzene rings is 1. The molecule has 0 aliphatic carbocycles. The smallest absolute Gasteiger partial charge is 0.251 e. The number of halogens is 1. The standard InChI is InChI=1S/C19H19FN2O/c1-19(2,3)12-9-16-17-11-13-14(20)5-4-6-15(13)21(17)7-8-22(16)18(23)10-12/h4-6,9-11H,7-8H2,1-3H3. The Labute approximate surface area is 134 Å². The predicted molar refractivity (Wildman–Crippen MR) is 90.3 cm³/mol. The molecule has 3 nitrogen and oxygen atoms in total. The summed E-state index contributed by atoms with van der Waals surface area (Å²) in [5.74, 6) is -0.217. The maximum atomic E-state index is 14.1. The van der Waals surface area contributed by atoms with Crippen molar-refractivity contribution >= 4 is 10.9 Å². The van der Waals surface area contributed by atoms with E-state index in [1.165, 1.54) is 6.07 Å². The fraction of sp³-hybridized carbons (Fsp3) is 0.316. The zero-order valence-electron chi connectivity index (χ0n) is 13.6. The molecule has 3 heterocycles. The van der Waals surface area contributed by atoms with E-state index in [9.17, 15) is 9.18 Å². The molecule has 0 spiro atoms. The third kappa shape index (κ3) is 2.05. The molecule has 118 valence electrons. The zero-order chi connectivity index (χ0) is 16.4. The number of hydrogen-bond donors (Lipinski definition) is 0. The van der Waals surface area contributed by atoms with Gasteiger partial charge in [0.05, 0.1) is 16.9 Å².